The van der Waals surface area contributed by atoms with E-state index in [0.717, 1.165) is 5.56 Å². The Morgan fingerprint density at radius 3 is 2.58 bits per heavy atom. The summed E-state index contributed by atoms with van der Waals surface area (Å²) in [5.74, 6) is 0.287. The molecule has 0 aliphatic heterocycles. The molecule has 0 fully saturated rings. The van der Waals surface area contributed by atoms with Crippen LogP contribution in [0.5, 0.6) is 5.75 Å². The van der Waals surface area contributed by atoms with Gasteiger partial charge >= 0.3 is 5.97 Å². The molecule has 0 aliphatic carbocycles. The number of hydrogen-bond donors (Lipinski definition) is 1. The van der Waals surface area contributed by atoms with Crippen molar-refractivity contribution in [3.63, 3.8) is 0 Å². The molecular weight excluding hydrogens is 244 g/mol. The number of hydrogen-bond acceptors (Lipinski definition) is 4. The zero-order valence-electron chi connectivity index (χ0n) is 12.0. The SMILES string of the molecule is CC[C@H](O)c1ccccc1OCC(C)(C)C(=O)OC. The summed E-state index contributed by atoms with van der Waals surface area (Å²) in [5.41, 5.74) is 0.0182. The Bertz CT molecular complexity index is 426. The molecule has 1 aromatic carbocycles. The van der Waals surface area contributed by atoms with Crippen molar-refractivity contribution < 1.29 is 19.4 Å². The van der Waals surface area contributed by atoms with Gasteiger partial charge in [-0.2, -0.15) is 0 Å². The fourth-order valence-corrected chi connectivity index (χ4v) is 1.70. The van der Waals surface area contributed by atoms with Crippen LogP contribution in [0.4, 0.5) is 0 Å². The van der Waals surface area contributed by atoms with Gasteiger partial charge in [0, 0.05) is 5.56 Å². The number of aliphatic hydroxyl groups is 1. The Hall–Kier alpha value is -1.55. The number of ether oxygens (including phenoxy) is 2. The molecule has 0 bridgehead atoms. The van der Waals surface area contributed by atoms with Gasteiger partial charge in [0.25, 0.3) is 0 Å². The lowest BCUT2D eigenvalue weighted by molar-refractivity contribution is -0.152. The van der Waals surface area contributed by atoms with E-state index in [1.807, 2.05) is 25.1 Å². The summed E-state index contributed by atoms with van der Waals surface area (Å²) >= 11 is 0. The van der Waals surface area contributed by atoms with E-state index in [2.05, 4.69) is 0 Å². The normalized spacial score (nSPS) is 12.9. The summed E-state index contributed by atoms with van der Waals surface area (Å²) in [6.45, 7) is 5.63. The predicted molar refractivity (Wildman–Crippen MR) is 73.0 cm³/mol. The third-order valence-electron chi connectivity index (χ3n) is 2.99. The average Bonchev–Trinajstić information content (AvgIpc) is 2.43. The predicted octanol–water partition coefficient (Wildman–Crippen LogP) is 2.71. The number of rotatable bonds is 6. The van der Waals surface area contributed by atoms with Crippen LogP contribution in [0.2, 0.25) is 0 Å². The minimum atomic E-state index is -0.723. The van der Waals surface area contributed by atoms with Gasteiger partial charge in [-0.3, -0.25) is 4.79 Å². The van der Waals surface area contributed by atoms with Crippen molar-refractivity contribution in [2.75, 3.05) is 13.7 Å². The molecule has 1 rings (SSSR count). The third kappa shape index (κ3) is 3.96. The molecule has 0 saturated carbocycles. The van der Waals surface area contributed by atoms with Crippen LogP contribution in [-0.2, 0) is 9.53 Å². The number of para-hydroxylation sites is 1. The number of carbonyl (C=O) groups excluding carboxylic acids is 1. The molecule has 106 valence electrons. The fraction of sp³-hybridized carbons (Fsp3) is 0.533. The third-order valence-corrected chi connectivity index (χ3v) is 2.99. The van der Waals surface area contributed by atoms with Crippen molar-refractivity contribution in [2.24, 2.45) is 5.41 Å². The van der Waals surface area contributed by atoms with Gasteiger partial charge in [-0.05, 0) is 26.3 Å². The standard InChI is InChI=1S/C15H22O4/c1-5-12(16)11-8-6-7-9-13(11)19-10-15(2,3)14(17)18-4/h6-9,12,16H,5,10H2,1-4H3/t12-/m0/s1. The van der Waals surface area contributed by atoms with Crippen LogP contribution in [-0.4, -0.2) is 24.8 Å². The molecule has 0 radical (unpaired) electrons. The molecule has 19 heavy (non-hydrogen) atoms. The Morgan fingerprint density at radius 1 is 1.37 bits per heavy atom. The first-order valence-corrected chi connectivity index (χ1v) is 6.40. The van der Waals surface area contributed by atoms with E-state index in [4.69, 9.17) is 9.47 Å². The van der Waals surface area contributed by atoms with E-state index < -0.39 is 11.5 Å². The van der Waals surface area contributed by atoms with Gasteiger partial charge in [-0.1, -0.05) is 25.1 Å². The van der Waals surface area contributed by atoms with E-state index >= 15 is 0 Å². The van der Waals surface area contributed by atoms with Crippen molar-refractivity contribution in [1.82, 2.24) is 0 Å². The molecule has 1 aromatic rings. The monoisotopic (exact) mass is 266 g/mol. The number of carbonyl (C=O) groups is 1. The van der Waals surface area contributed by atoms with Gasteiger partial charge in [0.15, 0.2) is 0 Å². The zero-order valence-corrected chi connectivity index (χ0v) is 12.0. The summed E-state index contributed by atoms with van der Waals surface area (Å²) in [5, 5.41) is 9.92. The Morgan fingerprint density at radius 2 is 2.00 bits per heavy atom. The Kier molecular flexibility index (Phi) is 5.36. The van der Waals surface area contributed by atoms with Crippen LogP contribution in [0, 0.1) is 5.41 Å². The highest BCUT2D eigenvalue weighted by molar-refractivity contribution is 5.75. The van der Waals surface area contributed by atoms with Gasteiger partial charge in [0.1, 0.15) is 12.4 Å². The van der Waals surface area contributed by atoms with Gasteiger partial charge in [0.05, 0.1) is 18.6 Å². The number of methoxy groups -OCH3 is 1. The minimum Gasteiger partial charge on any atom is -0.492 e. The number of aliphatic hydroxyl groups excluding tert-OH is 1. The van der Waals surface area contributed by atoms with E-state index in [1.54, 1.807) is 19.9 Å². The van der Waals surface area contributed by atoms with Crippen molar-refractivity contribution in [3.05, 3.63) is 29.8 Å². The average molecular weight is 266 g/mol. The lowest BCUT2D eigenvalue weighted by atomic mass is 9.95. The second-order valence-electron chi connectivity index (χ2n) is 5.13. The van der Waals surface area contributed by atoms with Gasteiger partial charge in [-0.15, -0.1) is 0 Å². The lowest BCUT2D eigenvalue weighted by Gasteiger charge is -2.23. The Labute approximate surface area is 114 Å². The van der Waals surface area contributed by atoms with Crippen molar-refractivity contribution in [2.45, 2.75) is 33.3 Å². The largest absolute Gasteiger partial charge is 0.492 e. The highest BCUT2D eigenvalue weighted by atomic mass is 16.5. The van der Waals surface area contributed by atoms with E-state index in [-0.39, 0.29) is 12.6 Å². The first-order chi connectivity index (χ1) is 8.92. The molecular formula is C15H22O4. The summed E-state index contributed by atoms with van der Waals surface area (Å²) < 4.78 is 10.4. The van der Waals surface area contributed by atoms with Crippen LogP contribution >= 0.6 is 0 Å². The molecule has 4 heteroatoms. The molecule has 0 spiro atoms. The molecule has 0 unspecified atom stereocenters. The van der Waals surface area contributed by atoms with Crippen LogP contribution in [0.1, 0.15) is 38.9 Å². The fourth-order valence-electron chi connectivity index (χ4n) is 1.70. The summed E-state index contributed by atoms with van der Waals surface area (Å²) in [6, 6.07) is 7.31. The smallest absolute Gasteiger partial charge is 0.314 e. The highest BCUT2D eigenvalue weighted by Crippen LogP contribution is 2.28. The maximum Gasteiger partial charge on any atom is 0.314 e. The van der Waals surface area contributed by atoms with Gasteiger partial charge < -0.3 is 14.6 Å². The number of esters is 1. The first kappa shape index (κ1) is 15.5. The molecule has 0 amide bonds. The molecule has 0 aliphatic rings. The van der Waals surface area contributed by atoms with Crippen molar-refractivity contribution >= 4 is 5.97 Å². The van der Waals surface area contributed by atoms with Gasteiger partial charge in [-0.25, -0.2) is 0 Å². The maximum atomic E-state index is 11.6. The molecule has 1 N–H and O–H groups in total. The van der Waals surface area contributed by atoms with Crippen LogP contribution < -0.4 is 4.74 Å². The van der Waals surface area contributed by atoms with Crippen molar-refractivity contribution in [1.29, 1.82) is 0 Å². The lowest BCUT2D eigenvalue weighted by Crippen LogP contribution is -2.32. The molecule has 4 nitrogen and oxygen atoms in total. The zero-order chi connectivity index (χ0) is 14.5. The summed E-state index contributed by atoms with van der Waals surface area (Å²) in [7, 11) is 1.36. The quantitative estimate of drug-likeness (QED) is 0.804. The minimum absolute atomic E-state index is 0.202. The highest BCUT2D eigenvalue weighted by Gasteiger charge is 2.30. The molecule has 0 heterocycles. The second kappa shape index (κ2) is 6.57. The molecule has 1 atom stereocenters. The van der Waals surface area contributed by atoms with Crippen LogP contribution in [0.3, 0.4) is 0 Å². The maximum absolute atomic E-state index is 11.6. The molecule has 0 aromatic heterocycles. The van der Waals surface area contributed by atoms with Crippen LogP contribution in [0.15, 0.2) is 24.3 Å². The second-order valence-corrected chi connectivity index (χ2v) is 5.13. The van der Waals surface area contributed by atoms with Gasteiger partial charge in [0.2, 0.25) is 0 Å². The van der Waals surface area contributed by atoms with E-state index in [0.29, 0.717) is 12.2 Å². The summed E-state index contributed by atoms with van der Waals surface area (Å²) in [4.78, 5) is 11.6. The summed E-state index contributed by atoms with van der Waals surface area (Å²) in [6.07, 6.45) is 0.0539. The molecule has 0 saturated heterocycles. The topological polar surface area (TPSA) is 55.8 Å². The van der Waals surface area contributed by atoms with E-state index in [9.17, 15) is 9.90 Å². The Balaban J connectivity index is 2.81. The first-order valence-electron chi connectivity index (χ1n) is 6.40. The van der Waals surface area contributed by atoms with Crippen LogP contribution in [0.25, 0.3) is 0 Å². The van der Waals surface area contributed by atoms with E-state index in [1.165, 1.54) is 7.11 Å². The number of benzene rings is 1. The van der Waals surface area contributed by atoms with Crippen molar-refractivity contribution in [3.8, 4) is 5.75 Å².